The fourth-order valence-corrected chi connectivity index (χ4v) is 4.79. The maximum absolute atomic E-state index is 3.85. The lowest BCUT2D eigenvalue weighted by Gasteiger charge is -2.11. The molecule has 0 nitrogen and oxygen atoms in total. The average Bonchev–Trinajstić information content (AvgIpc) is 3.46. The highest BCUT2D eigenvalue weighted by molar-refractivity contribution is 5.84. The SMILES string of the molecule is [c]1c2c(ccc1=C(c1ccccc1)c1ccccc1)=c1ccccc1=C2C1=CC=CC1. The predicted molar refractivity (Wildman–Crippen MR) is 127 cm³/mol. The molecule has 6 rings (SSSR count). The third-order valence-electron chi connectivity index (χ3n) is 6.17. The van der Waals surface area contributed by atoms with Crippen LogP contribution in [0.15, 0.2) is 121 Å². The Morgan fingerprint density at radius 2 is 1.26 bits per heavy atom. The molecule has 2 aliphatic carbocycles. The van der Waals surface area contributed by atoms with Crippen molar-refractivity contribution in [1.82, 2.24) is 0 Å². The van der Waals surface area contributed by atoms with Crippen molar-refractivity contribution in [1.29, 1.82) is 0 Å². The van der Waals surface area contributed by atoms with Crippen LogP contribution in [0.25, 0.3) is 11.1 Å². The van der Waals surface area contributed by atoms with Gasteiger partial charge in [-0.15, -0.1) is 0 Å². The van der Waals surface area contributed by atoms with E-state index in [4.69, 9.17) is 0 Å². The maximum atomic E-state index is 3.85. The molecule has 0 atom stereocenters. The van der Waals surface area contributed by atoms with Crippen LogP contribution in [-0.2, 0) is 0 Å². The van der Waals surface area contributed by atoms with Crippen molar-refractivity contribution in [2.45, 2.75) is 6.42 Å². The minimum absolute atomic E-state index is 0.981. The Bertz CT molecular complexity index is 1530. The van der Waals surface area contributed by atoms with Crippen LogP contribution in [0.2, 0.25) is 0 Å². The Morgan fingerprint density at radius 3 is 1.90 bits per heavy atom. The topological polar surface area (TPSA) is 0 Å². The van der Waals surface area contributed by atoms with Gasteiger partial charge in [0.25, 0.3) is 0 Å². The average molecular weight is 394 g/mol. The van der Waals surface area contributed by atoms with Gasteiger partial charge in [-0.1, -0.05) is 115 Å². The molecule has 4 aromatic rings. The van der Waals surface area contributed by atoms with Crippen LogP contribution in [0.1, 0.15) is 23.1 Å². The highest BCUT2D eigenvalue weighted by Crippen LogP contribution is 2.29. The second kappa shape index (κ2) is 7.41. The maximum Gasteiger partial charge on any atom is -0.000708 e. The van der Waals surface area contributed by atoms with Gasteiger partial charge in [-0.05, 0) is 66.8 Å². The summed E-state index contributed by atoms with van der Waals surface area (Å²) in [6, 6.07) is 38.4. The summed E-state index contributed by atoms with van der Waals surface area (Å²) >= 11 is 0. The molecule has 0 heterocycles. The van der Waals surface area contributed by atoms with E-state index in [1.807, 2.05) is 0 Å². The highest BCUT2D eigenvalue weighted by atomic mass is 14.2. The van der Waals surface area contributed by atoms with Gasteiger partial charge in [0, 0.05) is 0 Å². The zero-order valence-electron chi connectivity index (χ0n) is 17.2. The van der Waals surface area contributed by atoms with Crippen molar-refractivity contribution < 1.29 is 0 Å². The molecule has 1 radical (unpaired) electrons. The van der Waals surface area contributed by atoms with Gasteiger partial charge in [-0.25, -0.2) is 0 Å². The second-order valence-electron chi connectivity index (χ2n) is 8.01. The third kappa shape index (κ3) is 3.00. The first kappa shape index (κ1) is 17.9. The molecule has 0 aliphatic heterocycles. The van der Waals surface area contributed by atoms with E-state index in [-0.39, 0.29) is 0 Å². The summed E-state index contributed by atoms with van der Waals surface area (Å²) in [5, 5.41) is 5.04. The van der Waals surface area contributed by atoms with Crippen molar-refractivity contribution in [2.75, 3.05) is 0 Å². The molecule has 0 aromatic heterocycles. The Labute approximate surface area is 182 Å². The molecule has 0 bridgehead atoms. The van der Waals surface area contributed by atoms with E-state index in [9.17, 15) is 0 Å². The van der Waals surface area contributed by atoms with E-state index in [2.05, 4.69) is 121 Å². The molecule has 0 amide bonds. The van der Waals surface area contributed by atoms with Crippen LogP contribution < -0.4 is 10.4 Å². The van der Waals surface area contributed by atoms with E-state index in [1.165, 1.54) is 49.1 Å². The summed E-state index contributed by atoms with van der Waals surface area (Å²) in [5.41, 5.74) is 7.57. The van der Waals surface area contributed by atoms with Gasteiger partial charge in [-0.2, -0.15) is 0 Å². The molecule has 0 fully saturated rings. The quantitative estimate of drug-likeness (QED) is 0.436. The van der Waals surface area contributed by atoms with E-state index < -0.39 is 0 Å². The summed E-state index contributed by atoms with van der Waals surface area (Å²) < 4.78 is 0. The largest absolute Gasteiger partial charge is 0.0801 e. The van der Waals surface area contributed by atoms with Crippen molar-refractivity contribution >= 4 is 11.1 Å². The number of hydrogen-bond donors (Lipinski definition) is 0. The smallest absolute Gasteiger partial charge is 0.000708 e. The van der Waals surface area contributed by atoms with Gasteiger partial charge < -0.3 is 0 Å². The lowest BCUT2D eigenvalue weighted by molar-refractivity contribution is 1.32. The Morgan fingerprint density at radius 1 is 0.613 bits per heavy atom. The Balaban J connectivity index is 1.71. The molecular formula is C31H21. The lowest BCUT2D eigenvalue weighted by atomic mass is 9.92. The predicted octanol–water partition coefficient (Wildman–Crippen LogP) is 5.42. The summed E-state index contributed by atoms with van der Waals surface area (Å²) in [6.07, 6.45) is 7.63. The van der Waals surface area contributed by atoms with Gasteiger partial charge in [0.05, 0.1) is 0 Å². The molecule has 2 aliphatic rings. The van der Waals surface area contributed by atoms with Gasteiger partial charge in [-0.3, -0.25) is 0 Å². The molecule has 0 N–H and O–H groups in total. The third-order valence-corrected chi connectivity index (χ3v) is 6.17. The number of allylic oxidation sites excluding steroid dienone is 4. The summed E-state index contributed by atoms with van der Waals surface area (Å²) in [6.45, 7) is 0. The van der Waals surface area contributed by atoms with Gasteiger partial charge >= 0.3 is 0 Å². The summed E-state index contributed by atoms with van der Waals surface area (Å²) in [7, 11) is 0. The van der Waals surface area contributed by atoms with E-state index in [0.717, 1.165) is 11.6 Å². The van der Waals surface area contributed by atoms with Crippen LogP contribution >= 0.6 is 0 Å². The van der Waals surface area contributed by atoms with Crippen molar-refractivity contribution in [3.05, 3.63) is 164 Å². The zero-order chi connectivity index (χ0) is 20.6. The molecule has 0 spiro atoms. The first-order valence-electron chi connectivity index (χ1n) is 10.8. The fourth-order valence-electron chi connectivity index (χ4n) is 4.79. The normalized spacial score (nSPS) is 13.7. The minimum Gasteiger partial charge on any atom is -0.0801 e. The standard InChI is InChI=1S/C31H21/c1-3-11-22(12-4-1)30(23-13-5-2-6-14-23)25-19-20-27-26-17-9-10-18-28(26)31(29(27)21-25)24-15-7-8-16-24/h1-15,17-20H,16H2. The van der Waals surface area contributed by atoms with Crippen LogP contribution in [0, 0.1) is 16.5 Å². The first-order valence-corrected chi connectivity index (χ1v) is 10.8. The molecule has 0 saturated heterocycles. The molecule has 0 heteroatoms. The lowest BCUT2D eigenvalue weighted by Crippen LogP contribution is -2.11. The van der Waals surface area contributed by atoms with Gasteiger partial charge in [0.1, 0.15) is 0 Å². The molecule has 4 aromatic carbocycles. The molecule has 0 saturated carbocycles. The highest BCUT2D eigenvalue weighted by Gasteiger charge is 2.18. The van der Waals surface area contributed by atoms with Gasteiger partial charge in [0.2, 0.25) is 0 Å². The summed E-state index contributed by atoms with van der Waals surface area (Å²) in [5.74, 6) is 0. The van der Waals surface area contributed by atoms with Crippen LogP contribution in [0.5, 0.6) is 0 Å². The monoisotopic (exact) mass is 393 g/mol. The van der Waals surface area contributed by atoms with Crippen molar-refractivity contribution in [2.24, 2.45) is 0 Å². The summed E-state index contributed by atoms with van der Waals surface area (Å²) in [4.78, 5) is 0. The van der Waals surface area contributed by atoms with Crippen LogP contribution in [-0.4, -0.2) is 0 Å². The Kier molecular flexibility index (Phi) is 4.28. The van der Waals surface area contributed by atoms with Crippen LogP contribution in [0.3, 0.4) is 0 Å². The van der Waals surface area contributed by atoms with E-state index in [0.29, 0.717) is 0 Å². The minimum atomic E-state index is 0.981. The van der Waals surface area contributed by atoms with Crippen molar-refractivity contribution in [3.8, 4) is 0 Å². The number of rotatable bonds is 3. The fraction of sp³-hybridized carbons (Fsp3) is 0.0323. The van der Waals surface area contributed by atoms with E-state index in [1.54, 1.807) is 0 Å². The molecule has 0 unspecified atom stereocenters. The number of fused-ring (bicyclic) bond motifs is 2. The molecule has 31 heavy (non-hydrogen) atoms. The van der Waals surface area contributed by atoms with E-state index >= 15 is 0 Å². The molecular weight excluding hydrogens is 372 g/mol. The number of benzene rings is 4. The zero-order valence-corrected chi connectivity index (χ0v) is 17.2. The van der Waals surface area contributed by atoms with Crippen LogP contribution in [0.4, 0.5) is 0 Å². The van der Waals surface area contributed by atoms with Crippen molar-refractivity contribution in [3.63, 3.8) is 0 Å². The van der Waals surface area contributed by atoms with Gasteiger partial charge in [0.15, 0.2) is 0 Å². The number of hydrogen-bond acceptors (Lipinski definition) is 0. The Hall–Kier alpha value is -3.90. The second-order valence-corrected chi connectivity index (χ2v) is 8.01. The molecule has 145 valence electrons. The first-order chi connectivity index (χ1) is 15.4.